The highest BCUT2D eigenvalue weighted by atomic mass is 32.2. The molecule has 0 bridgehead atoms. The van der Waals surface area contributed by atoms with E-state index in [1.54, 1.807) is 6.07 Å². The number of carbonyl (C=O) groups is 1. The van der Waals surface area contributed by atoms with Crippen LogP contribution in [0.2, 0.25) is 0 Å². The lowest BCUT2D eigenvalue weighted by Crippen LogP contribution is -2.06. The van der Waals surface area contributed by atoms with E-state index in [9.17, 15) is 26.6 Å². The van der Waals surface area contributed by atoms with Crippen LogP contribution in [-0.4, -0.2) is 26.5 Å². The Balaban J connectivity index is 1.78. The number of hydrogen-bond acceptors (Lipinski definition) is 5. The lowest BCUT2D eigenvalue weighted by molar-refractivity contribution is -0.159. The maximum atomic E-state index is 13.2. The topological polar surface area (TPSA) is 85.4 Å². The fourth-order valence-corrected chi connectivity index (χ4v) is 3.73. The molecular weight excluding hydrogens is 414 g/mol. The van der Waals surface area contributed by atoms with Crippen LogP contribution in [-0.2, 0) is 21.7 Å². The molecule has 0 fully saturated rings. The Morgan fingerprint density at radius 3 is 2.45 bits per heavy atom. The van der Waals surface area contributed by atoms with Gasteiger partial charge in [0.25, 0.3) is 5.91 Å². The molecule has 2 aromatic carbocycles. The molecule has 1 unspecified atom stereocenters. The molecule has 152 valence electrons. The minimum Gasteiger partial charge on any atom is -0.329 e. The molecule has 11 heteroatoms. The zero-order chi connectivity index (χ0) is 21.2. The van der Waals surface area contributed by atoms with Crippen molar-refractivity contribution >= 4 is 15.6 Å². The number of nitrogens with zero attached hydrogens (tertiary/aromatic N) is 3. The predicted octanol–water partition coefficient (Wildman–Crippen LogP) is 4.33. The Labute approximate surface area is 162 Å². The predicted molar refractivity (Wildman–Crippen MR) is 95.7 cm³/mol. The van der Waals surface area contributed by atoms with Gasteiger partial charge in [0.2, 0.25) is 5.82 Å². The number of halogens is 4. The summed E-state index contributed by atoms with van der Waals surface area (Å²) in [6, 6.07) is 10.7. The molecule has 0 N–H and O–H groups in total. The van der Waals surface area contributed by atoms with E-state index in [0.29, 0.717) is 5.56 Å². The van der Waals surface area contributed by atoms with Crippen molar-refractivity contribution in [3.05, 3.63) is 71.4 Å². The molecule has 1 heterocycles. The molecule has 1 amide bonds. The van der Waals surface area contributed by atoms with E-state index in [4.69, 9.17) is 0 Å². The van der Waals surface area contributed by atoms with Gasteiger partial charge < -0.3 is 4.52 Å². The number of alkyl halides is 3. The molecule has 3 rings (SSSR count). The molecule has 6 nitrogen and oxygen atoms in total. The Kier molecular flexibility index (Phi) is 5.51. The zero-order valence-electron chi connectivity index (χ0n) is 14.8. The molecule has 0 aliphatic heterocycles. The lowest BCUT2D eigenvalue weighted by atomic mass is 10.1. The number of carbonyl (C=O) groups excluding carboxylic acids is 1. The maximum absolute atomic E-state index is 13.2. The summed E-state index contributed by atoms with van der Waals surface area (Å²) in [6.45, 7) is 0. The summed E-state index contributed by atoms with van der Waals surface area (Å²) in [6.07, 6.45) is -3.48. The second kappa shape index (κ2) is 7.74. The number of rotatable bonds is 4. The minimum absolute atomic E-state index is 0.0714. The highest BCUT2D eigenvalue weighted by Gasteiger charge is 2.38. The monoisotopic (exact) mass is 427 g/mol. The number of aromatic nitrogens is 2. The normalized spacial score (nSPS) is 13.7. The van der Waals surface area contributed by atoms with Gasteiger partial charge in [-0.15, -0.1) is 0 Å². The van der Waals surface area contributed by atoms with Gasteiger partial charge in [-0.05, 0) is 29.8 Å². The van der Waals surface area contributed by atoms with E-state index in [0.717, 1.165) is 0 Å². The van der Waals surface area contributed by atoms with Crippen LogP contribution in [0.25, 0.3) is 11.4 Å². The van der Waals surface area contributed by atoms with Crippen molar-refractivity contribution in [1.29, 1.82) is 0 Å². The fraction of sp³-hybridized carbons (Fsp3) is 0.167. The van der Waals surface area contributed by atoms with Crippen molar-refractivity contribution in [2.45, 2.75) is 11.9 Å². The van der Waals surface area contributed by atoms with E-state index in [-0.39, 0.29) is 22.7 Å². The summed E-state index contributed by atoms with van der Waals surface area (Å²) < 4.78 is 71.3. The van der Waals surface area contributed by atoms with Gasteiger partial charge in [0, 0.05) is 17.4 Å². The molecule has 0 radical (unpaired) electrons. The Morgan fingerprint density at radius 1 is 1.17 bits per heavy atom. The molecule has 0 spiro atoms. The number of hydrogen-bond donors (Lipinski definition) is 0. The van der Waals surface area contributed by atoms with Crippen LogP contribution in [0, 0.1) is 5.82 Å². The van der Waals surface area contributed by atoms with Gasteiger partial charge in [-0.3, -0.25) is 4.79 Å². The Morgan fingerprint density at radius 2 is 1.86 bits per heavy atom. The molecule has 0 aliphatic rings. The van der Waals surface area contributed by atoms with Gasteiger partial charge in [0.05, 0.1) is 15.5 Å². The van der Waals surface area contributed by atoms with E-state index in [1.807, 2.05) is 0 Å². The van der Waals surface area contributed by atoms with Gasteiger partial charge in [0.1, 0.15) is 5.82 Å². The largest absolute Gasteiger partial charge is 0.471 e. The maximum Gasteiger partial charge on any atom is 0.471 e. The molecule has 3 aromatic rings. The van der Waals surface area contributed by atoms with E-state index in [1.165, 1.54) is 48.7 Å². The molecule has 0 saturated heterocycles. The first kappa shape index (κ1) is 20.6. The average molecular weight is 427 g/mol. The number of benzene rings is 2. The van der Waals surface area contributed by atoms with Crippen molar-refractivity contribution < 1.29 is 31.1 Å². The van der Waals surface area contributed by atoms with Crippen molar-refractivity contribution in [3.63, 3.8) is 0 Å². The van der Waals surface area contributed by atoms with Crippen molar-refractivity contribution in [2.24, 2.45) is 4.36 Å². The second-order valence-corrected chi connectivity index (χ2v) is 8.52. The summed E-state index contributed by atoms with van der Waals surface area (Å²) in [5.74, 6) is -3.15. The van der Waals surface area contributed by atoms with Crippen LogP contribution < -0.4 is 0 Å². The number of amides is 1. The first-order chi connectivity index (χ1) is 13.5. The zero-order valence-corrected chi connectivity index (χ0v) is 15.6. The van der Waals surface area contributed by atoms with Crippen molar-refractivity contribution in [3.8, 4) is 11.4 Å². The quantitative estimate of drug-likeness (QED) is 0.579. The highest BCUT2D eigenvalue weighted by Crippen LogP contribution is 2.29. The standard InChI is InChI=1S/C18H13F4N3O3S/c1-29(27,10-11-3-2-4-14(19)9-11)25-16(26)13-7-5-12(6-8-13)15-23-17(28-24-15)18(20,21)22/h2-9H,10H2,1H3. The van der Waals surface area contributed by atoms with Gasteiger partial charge in [-0.25, -0.2) is 8.60 Å². The summed E-state index contributed by atoms with van der Waals surface area (Å²) in [5, 5.41) is 3.25. The minimum atomic E-state index is -4.76. The van der Waals surface area contributed by atoms with Crippen LogP contribution in [0.1, 0.15) is 21.8 Å². The summed E-state index contributed by atoms with van der Waals surface area (Å²) in [4.78, 5) is 15.5. The van der Waals surface area contributed by atoms with E-state index in [2.05, 4.69) is 19.0 Å². The van der Waals surface area contributed by atoms with Gasteiger partial charge in [-0.1, -0.05) is 29.4 Å². The fourth-order valence-electron chi connectivity index (χ4n) is 2.41. The van der Waals surface area contributed by atoms with Crippen molar-refractivity contribution in [2.75, 3.05) is 6.26 Å². The second-order valence-electron chi connectivity index (χ2n) is 6.13. The Bertz CT molecular complexity index is 1160. The summed E-state index contributed by atoms with van der Waals surface area (Å²) >= 11 is 0. The van der Waals surface area contributed by atoms with E-state index < -0.39 is 33.5 Å². The van der Waals surface area contributed by atoms with Crippen LogP contribution in [0.4, 0.5) is 17.6 Å². The van der Waals surface area contributed by atoms with Crippen LogP contribution in [0.5, 0.6) is 0 Å². The smallest absolute Gasteiger partial charge is 0.329 e. The molecule has 0 saturated carbocycles. The Hall–Kier alpha value is -3.08. The third kappa shape index (κ3) is 5.25. The van der Waals surface area contributed by atoms with Gasteiger partial charge in [0.15, 0.2) is 0 Å². The lowest BCUT2D eigenvalue weighted by Gasteiger charge is -2.05. The van der Waals surface area contributed by atoms with Crippen LogP contribution in [0.15, 0.2) is 57.4 Å². The van der Waals surface area contributed by atoms with Crippen molar-refractivity contribution in [1.82, 2.24) is 10.1 Å². The van der Waals surface area contributed by atoms with Gasteiger partial charge in [-0.2, -0.15) is 22.5 Å². The summed E-state index contributed by atoms with van der Waals surface area (Å²) in [5.41, 5.74) is 0.696. The molecular formula is C18H13F4N3O3S. The first-order valence-corrected chi connectivity index (χ1v) is 10.1. The highest BCUT2D eigenvalue weighted by molar-refractivity contribution is 7.92. The van der Waals surface area contributed by atoms with E-state index >= 15 is 0 Å². The van der Waals surface area contributed by atoms with Crippen LogP contribution in [0.3, 0.4) is 0 Å². The molecule has 1 aromatic heterocycles. The third-order valence-electron chi connectivity index (χ3n) is 3.66. The average Bonchev–Trinajstić information content (AvgIpc) is 3.11. The molecule has 0 aliphatic carbocycles. The SMILES string of the molecule is CS(=O)(Cc1cccc(F)c1)=NC(=O)c1ccc(-c2noc(C(F)(F)F)n2)cc1. The molecule has 1 atom stereocenters. The third-order valence-corrected chi connectivity index (χ3v) is 5.08. The van der Waals surface area contributed by atoms with Crippen LogP contribution >= 0.6 is 0 Å². The molecule has 29 heavy (non-hydrogen) atoms. The van der Waals surface area contributed by atoms with Gasteiger partial charge >= 0.3 is 12.1 Å². The first-order valence-electron chi connectivity index (χ1n) is 8.03. The summed E-state index contributed by atoms with van der Waals surface area (Å²) in [7, 11) is -2.98.